The number of anilines is 1. The van der Waals surface area contributed by atoms with Gasteiger partial charge in [0.25, 0.3) is 5.91 Å². The van der Waals surface area contributed by atoms with Crippen LogP contribution in [0.3, 0.4) is 0 Å². The normalized spacial score (nSPS) is 11.3. The monoisotopic (exact) mass is 283 g/mol. The average Bonchev–Trinajstić information content (AvgIpc) is 2.54. The number of nitrogens with one attached hydrogen (secondary N) is 3. The average molecular weight is 283 g/mol. The fourth-order valence-corrected chi connectivity index (χ4v) is 1.89. The van der Waals surface area contributed by atoms with E-state index in [0.29, 0.717) is 0 Å². The van der Waals surface area contributed by atoms with Crippen molar-refractivity contribution >= 4 is 17.6 Å². The van der Waals surface area contributed by atoms with Crippen molar-refractivity contribution in [1.29, 1.82) is 0 Å². The van der Waals surface area contributed by atoms with E-state index >= 15 is 0 Å². The molecule has 2 aromatic carbocycles. The number of carbonyl (C=O) groups excluding carboxylic acids is 2. The third kappa shape index (κ3) is 4.07. The number of hydrogen-bond donors (Lipinski definition) is 3. The second-order valence-corrected chi connectivity index (χ2v) is 4.42. The number of rotatable bonds is 4. The standard InChI is InChI=1S/C16H17N3O2/c1-17-16(21)19-15(20)14(12-8-4-2-5-9-12)18-13-10-6-3-7-11-13/h2-11,14,18H,1H3,(H2,17,19,20,21)/t14-/m1/s1. The summed E-state index contributed by atoms with van der Waals surface area (Å²) >= 11 is 0. The highest BCUT2D eigenvalue weighted by molar-refractivity contribution is 5.98. The molecule has 2 aromatic rings. The smallest absolute Gasteiger partial charge is 0.321 e. The maximum absolute atomic E-state index is 12.3. The molecule has 5 nitrogen and oxygen atoms in total. The summed E-state index contributed by atoms with van der Waals surface area (Å²) in [6.45, 7) is 0. The lowest BCUT2D eigenvalue weighted by atomic mass is 10.1. The van der Waals surface area contributed by atoms with E-state index in [1.807, 2.05) is 60.7 Å². The number of amides is 3. The molecule has 21 heavy (non-hydrogen) atoms. The Morgan fingerprint density at radius 2 is 1.48 bits per heavy atom. The molecular weight excluding hydrogens is 266 g/mol. The molecule has 0 bridgehead atoms. The summed E-state index contributed by atoms with van der Waals surface area (Å²) in [5, 5.41) is 7.80. The third-order valence-corrected chi connectivity index (χ3v) is 2.94. The fourth-order valence-electron chi connectivity index (χ4n) is 1.89. The van der Waals surface area contributed by atoms with Gasteiger partial charge in [-0.25, -0.2) is 4.79 Å². The molecule has 0 unspecified atom stereocenters. The highest BCUT2D eigenvalue weighted by Gasteiger charge is 2.21. The van der Waals surface area contributed by atoms with Gasteiger partial charge in [-0.3, -0.25) is 10.1 Å². The maximum Gasteiger partial charge on any atom is 0.321 e. The van der Waals surface area contributed by atoms with Crippen molar-refractivity contribution in [2.24, 2.45) is 0 Å². The van der Waals surface area contributed by atoms with Gasteiger partial charge in [-0.1, -0.05) is 48.5 Å². The van der Waals surface area contributed by atoms with Crippen LogP contribution in [0.5, 0.6) is 0 Å². The molecule has 0 saturated carbocycles. The van der Waals surface area contributed by atoms with E-state index in [-0.39, 0.29) is 0 Å². The van der Waals surface area contributed by atoms with Gasteiger partial charge in [-0.15, -0.1) is 0 Å². The Hall–Kier alpha value is -2.82. The van der Waals surface area contributed by atoms with Gasteiger partial charge in [-0.2, -0.15) is 0 Å². The number of para-hydroxylation sites is 1. The summed E-state index contributed by atoms with van der Waals surface area (Å²) in [5.41, 5.74) is 1.58. The van der Waals surface area contributed by atoms with Crippen molar-refractivity contribution in [1.82, 2.24) is 10.6 Å². The highest BCUT2D eigenvalue weighted by Crippen LogP contribution is 2.19. The number of benzene rings is 2. The predicted molar refractivity (Wildman–Crippen MR) is 81.8 cm³/mol. The Bertz CT molecular complexity index is 599. The van der Waals surface area contributed by atoms with Crippen LogP contribution in [0.4, 0.5) is 10.5 Å². The zero-order valence-electron chi connectivity index (χ0n) is 11.7. The van der Waals surface area contributed by atoms with Crippen molar-refractivity contribution < 1.29 is 9.59 Å². The Morgan fingerprint density at radius 1 is 0.905 bits per heavy atom. The molecule has 0 aliphatic heterocycles. The number of hydrogen-bond acceptors (Lipinski definition) is 3. The van der Waals surface area contributed by atoms with Crippen LogP contribution in [-0.4, -0.2) is 19.0 Å². The summed E-state index contributed by atoms with van der Waals surface area (Å²) < 4.78 is 0. The fraction of sp³-hybridized carbons (Fsp3) is 0.125. The van der Waals surface area contributed by atoms with E-state index in [4.69, 9.17) is 0 Å². The van der Waals surface area contributed by atoms with Gasteiger partial charge < -0.3 is 10.6 Å². The SMILES string of the molecule is CNC(=O)NC(=O)[C@H](Nc1ccccc1)c1ccccc1. The summed E-state index contributed by atoms with van der Waals surface area (Å²) in [4.78, 5) is 23.6. The lowest BCUT2D eigenvalue weighted by molar-refractivity contribution is -0.120. The van der Waals surface area contributed by atoms with Gasteiger partial charge in [0.1, 0.15) is 6.04 Å². The van der Waals surface area contributed by atoms with Crippen molar-refractivity contribution in [2.75, 3.05) is 12.4 Å². The second-order valence-electron chi connectivity index (χ2n) is 4.42. The highest BCUT2D eigenvalue weighted by atomic mass is 16.2. The van der Waals surface area contributed by atoms with Crippen LogP contribution >= 0.6 is 0 Å². The van der Waals surface area contributed by atoms with Gasteiger partial charge in [-0.05, 0) is 17.7 Å². The Balaban J connectivity index is 2.22. The first-order valence-corrected chi connectivity index (χ1v) is 6.60. The molecule has 0 saturated heterocycles. The first-order valence-electron chi connectivity index (χ1n) is 6.60. The van der Waals surface area contributed by atoms with Crippen LogP contribution in [0.1, 0.15) is 11.6 Å². The zero-order chi connectivity index (χ0) is 15.1. The van der Waals surface area contributed by atoms with E-state index in [2.05, 4.69) is 16.0 Å². The molecule has 3 amide bonds. The molecule has 0 aliphatic rings. The molecule has 0 aromatic heterocycles. The number of carbonyl (C=O) groups is 2. The van der Waals surface area contributed by atoms with Crippen LogP contribution in [0, 0.1) is 0 Å². The largest absolute Gasteiger partial charge is 0.370 e. The third-order valence-electron chi connectivity index (χ3n) is 2.94. The van der Waals surface area contributed by atoms with Gasteiger partial charge in [0.15, 0.2) is 0 Å². The molecule has 1 atom stereocenters. The Morgan fingerprint density at radius 3 is 2.05 bits per heavy atom. The lowest BCUT2D eigenvalue weighted by Crippen LogP contribution is -2.42. The molecule has 3 N–H and O–H groups in total. The molecule has 0 heterocycles. The van der Waals surface area contributed by atoms with Crippen LogP contribution in [0.25, 0.3) is 0 Å². The summed E-state index contributed by atoms with van der Waals surface area (Å²) in [6, 6.07) is 17.4. The van der Waals surface area contributed by atoms with Crippen LogP contribution in [0.2, 0.25) is 0 Å². The number of imide groups is 1. The zero-order valence-corrected chi connectivity index (χ0v) is 11.7. The van der Waals surface area contributed by atoms with E-state index < -0.39 is 18.0 Å². The molecule has 5 heteroatoms. The van der Waals surface area contributed by atoms with Gasteiger partial charge in [0.05, 0.1) is 0 Å². The summed E-state index contributed by atoms with van der Waals surface area (Å²) in [5.74, 6) is -0.413. The van der Waals surface area contributed by atoms with Crippen molar-refractivity contribution in [2.45, 2.75) is 6.04 Å². The second kappa shape index (κ2) is 7.09. The van der Waals surface area contributed by atoms with Crippen molar-refractivity contribution in [3.63, 3.8) is 0 Å². The van der Waals surface area contributed by atoms with Gasteiger partial charge >= 0.3 is 6.03 Å². The minimum absolute atomic E-state index is 0.413. The predicted octanol–water partition coefficient (Wildman–Crippen LogP) is 2.30. The van der Waals surface area contributed by atoms with E-state index in [0.717, 1.165) is 11.3 Å². The van der Waals surface area contributed by atoms with E-state index in [1.165, 1.54) is 7.05 Å². The molecule has 0 spiro atoms. The molecule has 0 aliphatic carbocycles. The summed E-state index contributed by atoms with van der Waals surface area (Å²) in [6.07, 6.45) is 0. The lowest BCUT2D eigenvalue weighted by Gasteiger charge is -2.19. The number of urea groups is 1. The topological polar surface area (TPSA) is 70.2 Å². The summed E-state index contributed by atoms with van der Waals surface area (Å²) in [7, 11) is 1.46. The maximum atomic E-state index is 12.3. The molecule has 0 radical (unpaired) electrons. The van der Waals surface area contributed by atoms with Crippen LogP contribution in [0.15, 0.2) is 60.7 Å². The Kier molecular flexibility index (Phi) is 4.93. The minimum atomic E-state index is -0.647. The molecule has 108 valence electrons. The van der Waals surface area contributed by atoms with Crippen molar-refractivity contribution in [3.05, 3.63) is 66.2 Å². The first kappa shape index (κ1) is 14.6. The quantitative estimate of drug-likeness (QED) is 0.806. The minimum Gasteiger partial charge on any atom is -0.370 e. The van der Waals surface area contributed by atoms with E-state index in [1.54, 1.807) is 0 Å². The van der Waals surface area contributed by atoms with E-state index in [9.17, 15) is 9.59 Å². The van der Waals surface area contributed by atoms with Gasteiger partial charge in [0, 0.05) is 12.7 Å². The molecule has 0 fully saturated rings. The molecule has 2 rings (SSSR count). The van der Waals surface area contributed by atoms with Crippen molar-refractivity contribution in [3.8, 4) is 0 Å². The van der Waals surface area contributed by atoms with Crippen LogP contribution in [-0.2, 0) is 4.79 Å². The first-order chi connectivity index (χ1) is 10.2. The molecular formula is C16H17N3O2. The van der Waals surface area contributed by atoms with Crippen LogP contribution < -0.4 is 16.0 Å². The Labute approximate surface area is 123 Å². The van der Waals surface area contributed by atoms with Gasteiger partial charge in [0.2, 0.25) is 0 Å².